The number of hydrogen-bond donors (Lipinski definition) is 2. The maximum atomic E-state index is 12.4. The van der Waals surface area contributed by atoms with Gasteiger partial charge < -0.3 is 20.1 Å². The topological polar surface area (TPSA) is 120 Å². The fraction of sp³-hybridized carbons (Fsp3) is 0.222. The fourth-order valence-corrected chi connectivity index (χ4v) is 2.24. The number of carbonyl (C=O) groups is 2. The van der Waals surface area contributed by atoms with Gasteiger partial charge in [0.05, 0.1) is 29.9 Å². The molecule has 2 aromatic rings. The van der Waals surface area contributed by atoms with Crippen LogP contribution < -0.4 is 15.4 Å². The molecule has 0 bridgehead atoms. The number of amides is 2. The SMILES string of the molecule is COCCNC(=O)c1cc([N+](=O)[O-])ccc1NC(=O)c1ccc(OC)cc1. The van der Waals surface area contributed by atoms with E-state index in [-0.39, 0.29) is 30.1 Å². The van der Waals surface area contributed by atoms with E-state index in [2.05, 4.69) is 10.6 Å². The van der Waals surface area contributed by atoms with Crippen molar-refractivity contribution >= 4 is 23.2 Å². The van der Waals surface area contributed by atoms with Crippen LogP contribution in [0.25, 0.3) is 0 Å². The first-order valence-electron chi connectivity index (χ1n) is 7.97. The normalized spacial score (nSPS) is 10.1. The minimum Gasteiger partial charge on any atom is -0.497 e. The number of nitrogens with one attached hydrogen (secondary N) is 2. The molecule has 2 rings (SSSR count). The van der Waals surface area contributed by atoms with E-state index in [4.69, 9.17) is 9.47 Å². The van der Waals surface area contributed by atoms with E-state index < -0.39 is 16.7 Å². The van der Waals surface area contributed by atoms with Crippen LogP contribution in [0.5, 0.6) is 5.75 Å². The second-order valence-corrected chi connectivity index (χ2v) is 5.42. The van der Waals surface area contributed by atoms with Crippen LogP contribution >= 0.6 is 0 Å². The van der Waals surface area contributed by atoms with Gasteiger partial charge >= 0.3 is 0 Å². The van der Waals surface area contributed by atoms with Crippen LogP contribution in [0, 0.1) is 10.1 Å². The first kappa shape index (κ1) is 19.9. The average Bonchev–Trinajstić information content (AvgIpc) is 2.68. The van der Waals surface area contributed by atoms with Gasteiger partial charge in [-0.05, 0) is 30.3 Å². The van der Waals surface area contributed by atoms with E-state index in [0.717, 1.165) is 6.07 Å². The Bertz CT molecular complexity index is 835. The molecular weight excluding hydrogens is 354 g/mol. The molecule has 2 aromatic carbocycles. The molecule has 0 fully saturated rings. The van der Waals surface area contributed by atoms with Gasteiger partial charge in [0.15, 0.2) is 0 Å². The molecule has 2 N–H and O–H groups in total. The Morgan fingerprint density at radius 2 is 1.78 bits per heavy atom. The fourth-order valence-electron chi connectivity index (χ4n) is 2.24. The first-order chi connectivity index (χ1) is 13.0. The molecule has 0 radical (unpaired) electrons. The number of nitro groups is 1. The minimum absolute atomic E-state index is 0.0119. The van der Waals surface area contributed by atoms with Crippen LogP contribution in [0.4, 0.5) is 11.4 Å². The Morgan fingerprint density at radius 3 is 2.37 bits per heavy atom. The molecule has 0 aliphatic rings. The van der Waals surface area contributed by atoms with Crippen molar-refractivity contribution in [1.29, 1.82) is 0 Å². The predicted molar refractivity (Wildman–Crippen MR) is 98.3 cm³/mol. The summed E-state index contributed by atoms with van der Waals surface area (Å²) in [7, 11) is 3.00. The van der Waals surface area contributed by atoms with Crippen LogP contribution in [0.2, 0.25) is 0 Å². The Kier molecular flexibility index (Phi) is 6.84. The van der Waals surface area contributed by atoms with Gasteiger partial charge in [-0.2, -0.15) is 0 Å². The standard InChI is InChI=1S/C18H19N3O6/c1-26-10-9-19-18(23)15-11-13(21(24)25)5-8-16(15)20-17(22)12-3-6-14(27-2)7-4-12/h3-8,11H,9-10H2,1-2H3,(H,19,23)(H,20,22). The summed E-state index contributed by atoms with van der Waals surface area (Å²) in [6.45, 7) is 0.512. The van der Waals surface area contributed by atoms with Gasteiger partial charge in [0.2, 0.25) is 0 Å². The number of benzene rings is 2. The zero-order valence-electron chi connectivity index (χ0n) is 14.9. The van der Waals surface area contributed by atoms with Gasteiger partial charge in [0, 0.05) is 31.4 Å². The summed E-state index contributed by atoms with van der Waals surface area (Å²) >= 11 is 0. The second-order valence-electron chi connectivity index (χ2n) is 5.42. The minimum atomic E-state index is -0.610. The molecule has 0 heterocycles. The number of hydrogen-bond acceptors (Lipinski definition) is 6. The summed E-state index contributed by atoms with van der Waals surface area (Å²) < 4.78 is 9.90. The summed E-state index contributed by atoms with van der Waals surface area (Å²) in [5.41, 5.74) is 0.243. The summed E-state index contributed by atoms with van der Waals surface area (Å²) in [4.78, 5) is 35.2. The Morgan fingerprint density at radius 1 is 1.07 bits per heavy atom. The molecule has 0 spiro atoms. The number of ether oxygens (including phenoxy) is 2. The molecule has 0 saturated heterocycles. The monoisotopic (exact) mass is 373 g/mol. The Hall–Kier alpha value is -3.46. The third-order valence-corrected chi connectivity index (χ3v) is 3.65. The Labute approximate surface area is 155 Å². The van der Waals surface area contributed by atoms with Gasteiger partial charge in [0.25, 0.3) is 17.5 Å². The van der Waals surface area contributed by atoms with Crippen LogP contribution in [0.1, 0.15) is 20.7 Å². The number of non-ortho nitro benzene ring substituents is 1. The van der Waals surface area contributed by atoms with E-state index >= 15 is 0 Å². The van der Waals surface area contributed by atoms with Crippen LogP contribution in [0.3, 0.4) is 0 Å². The molecule has 9 heteroatoms. The molecule has 9 nitrogen and oxygen atoms in total. The van der Waals surface area contributed by atoms with Gasteiger partial charge in [-0.3, -0.25) is 19.7 Å². The van der Waals surface area contributed by atoms with Crippen molar-refractivity contribution in [2.75, 3.05) is 32.7 Å². The first-order valence-corrected chi connectivity index (χ1v) is 7.97. The van der Waals surface area contributed by atoms with E-state index in [9.17, 15) is 19.7 Å². The van der Waals surface area contributed by atoms with E-state index in [1.807, 2.05) is 0 Å². The highest BCUT2D eigenvalue weighted by Crippen LogP contribution is 2.23. The van der Waals surface area contributed by atoms with Crippen molar-refractivity contribution in [3.8, 4) is 5.75 Å². The lowest BCUT2D eigenvalue weighted by Crippen LogP contribution is -2.28. The quantitative estimate of drug-likeness (QED) is 0.416. The molecule has 2 amide bonds. The van der Waals surface area contributed by atoms with Crippen LogP contribution in [0.15, 0.2) is 42.5 Å². The van der Waals surface area contributed by atoms with Gasteiger partial charge in [-0.1, -0.05) is 0 Å². The van der Waals surface area contributed by atoms with Crippen molar-refractivity contribution < 1.29 is 24.0 Å². The lowest BCUT2D eigenvalue weighted by molar-refractivity contribution is -0.384. The lowest BCUT2D eigenvalue weighted by Gasteiger charge is -2.12. The Balaban J connectivity index is 2.26. The smallest absolute Gasteiger partial charge is 0.270 e. The maximum absolute atomic E-state index is 12.4. The highest BCUT2D eigenvalue weighted by molar-refractivity contribution is 6.09. The zero-order chi connectivity index (χ0) is 19.8. The van der Waals surface area contributed by atoms with E-state index in [0.29, 0.717) is 11.3 Å². The van der Waals surface area contributed by atoms with E-state index in [1.54, 1.807) is 24.3 Å². The van der Waals surface area contributed by atoms with Crippen molar-refractivity contribution in [1.82, 2.24) is 5.32 Å². The molecule has 0 atom stereocenters. The summed E-state index contributed by atoms with van der Waals surface area (Å²) in [5, 5.41) is 16.2. The molecule has 0 aliphatic carbocycles. The summed E-state index contributed by atoms with van der Waals surface area (Å²) in [6.07, 6.45) is 0. The van der Waals surface area contributed by atoms with Crippen molar-refractivity contribution in [2.45, 2.75) is 0 Å². The van der Waals surface area contributed by atoms with E-state index in [1.165, 1.54) is 26.4 Å². The van der Waals surface area contributed by atoms with Crippen molar-refractivity contribution in [3.63, 3.8) is 0 Å². The van der Waals surface area contributed by atoms with Crippen molar-refractivity contribution in [2.24, 2.45) is 0 Å². The number of nitrogens with zero attached hydrogens (tertiary/aromatic N) is 1. The molecular formula is C18H19N3O6. The lowest BCUT2D eigenvalue weighted by atomic mass is 10.1. The van der Waals surface area contributed by atoms with Gasteiger partial charge in [0.1, 0.15) is 5.75 Å². The molecule has 0 saturated carbocycles. The van der Waals surface area contributed by atoms with Crippen LogP contribution in [-0.2, 0) is 4.74 Å². The number of rotatable bonds is 8. The molecule has 142 valence electrons. The maximum Gasteiger partial charge on any atom is 0.270 e. The highest BCUT2D eigenvalue weighted by Gasteiger charge is 2.18. The second kappa shape index (κ2) is 9.30. The highest BCUT2D eigenvalue weighted by atomic mass is 16.6. The predicted octanol–water partition coefficient (Wildman–Crippen LogP) is 2.23. The average molecular weight is 373 g/mol. The van der Waals surface area contributed by atoms with Crippen LogP contribution in [-0.4, -0.2) is 44.1 Å². The molecule has 27 heavy (non-hydrogen) atoms. The molecule has 0 aromatic heterocycles. The number of anilines is 1. The van der Waals surface area contributed by atoms with Gasteiger partial charge in [-0.15, -0.1) is 0 Å². The molecule has 0 unspecified atom stereocenters. The third-order valence-electron chi connectivity index (χ3n) is 3.65. The summed E-state index contributed by atoms with van der Waals surface area (Å²) in [5.74, 6) is -0.418. The van der Waals surface area contributed by atoms with Crippen molar-refractivity contribution in [3.05, 3.63) is 63.7 Å². The number of nitro benzene ring substituents is 1. The largest absolute Gasteiger partial charge is 0.497 e. The van der Waals surface area contributed by atoms with Gasteiger partial charge in [-0.25, -0.2) is 0 Å². The zero-order valence-corrected chi connectivity index (χ0v) is 14.9. The number of methoxy groups -OCH3 is 2. The molecule has 0 aliphatic heterocycles. The summed E-state index contributed by atoms with van der Waals surface area (Å²) in [6, 6.07) is 10.0. The third kappa shape index (κ3) is 5.25. The number of carbonyl (C=O) groups excluding carboxylic acids is 2.